The highest BCUT2D eigenvalue weighted by molar-refractivity contribution is 5.40. The third-order valence-corrected chi connectivity index (χ3v) is 7.15. The van der Waals surface area contributed by atoms with Gasteiger partial charge in [0.25, 0.3) is 0 Å². The highest BCUT2D eigenvalue weighted by Crippen LogP contribution is 2.57. The third kappa shape index (κ3) is 1.48. The topological polar surface area (TPSA) is 3.24 Å². The summed E-state index contributed by atoms with van der Waals surface area (Å²) in [4.78, 5) is 2.72. The minimum Gasteiger partial charge on any atom is -0.300 e. The summed E-state index contributed by atoms with van der Waals surface area (Å²) in [5.41, 5.74) is 3.81. The molecule has 2 fully saturated rings. The van der Waals surface area contributed by atoms with Crippen molar-refractivity contribution in [2.45, 2.75) is 63.5 Å². The number of nitrogens with zero attached hydrogens (tertiary/aromatic N) is 1. The average Bonchev–Trinajstić information content (AvgIpc) is 2.51. The van der Waals surface area contributed by atoms with Crippen molar-refractivity contribution in [3.8, 4) is 0 Å². The van der Waals surface area contributed by atoms with Crippen molar-refractivity contribution in [1.82, 2.24) is 4.90 Å². The van der Waals surface area contributed by atoms with Gasteiger partial charge in [-0.25, -0.2) is 0 Å². The SMILES string of the molecule is CC[C@@]12CCC3CC1C(Cc1ccccc12)N(C)C3C. The molecule has 1 heteroatoms. The number of likely N-dealkylation sites (tertiary alicyclic amines) is 1. The molecule has 2 bridgehead atoms. The van der Waals surface area contributed by atoms with E-state index in [0.717, 1.165) is 23.9 Å². The number of hydrogen-bond donors (Lipinski definition) is 0. The molecule has 0 aromatic heterocycles. The second-order valence-electron chi connectivity index (χ2n) is 7.49. The number of benzene rings is 1. The number of fused-ring (bicyclic) bond motifs is 3. The standard InChI is InChI=1S/C19H27N/c1-4-19-10-9-14-11-17(19)18(20(3)13(14)2)12-15-7-5-6-8-16(15)19/h5-8,13-14,17-18H,4,9-12H2,1-3H3/t13?,14?,17?,18?,19-/m0/s1. The molecule has 3 aliphatic rings. The summed E-state index contributed by atoms with van der Waals surface area (Å²) in [5, 5.41) is 0. The molecule has 0 amide bonds. The van der Waals surface area contributed by atoms with Crippen molar-refractivity contribution in [1.29, 1.82) is 0 Å². The van der Waals surface area contributed by atoms with E-state index in [1.54, 1.807) is 11.1 Å². The minimum absolute atomic E-state index is 0.477. The molecular formula is C19H27N. The first-order valence-electron chi connectivity index (χ1n) is 8.47. The lowest BCUT2D eigenvalue weighted by molar-refractivity contribution is -0.0552. The Labute approximate surface area is 123 Å². The summed E-state index contributed by atoms with van der Waals surface area (Å²) in [6.07, 6.45) is 6.91. The van der Waals surface area contributed by atoms with E-state index in [2.05, 4.69) is 50.1 Å². The number of rotatable bonds is 1. The molecule has 1 aromatic rings. The average molecular weight is 269 g/mol. The van der Waals surface area contributed by atoms with Gasteiger partial charge in [-0.05, 0) is 74.5 Å². The molecule has 2 aliphatic carbocycles. The summed E-state index contributed by atoms with van der Waals surface area (Å²) in [5.74, 6) is 1.83. The first kappa shape index (κ1) is 12.9. The van der Waals surface area contributed by atoms with E-state index < -0.39 is 0 Å². The highest BCUT2D eigenvalue weighted by Gasteiger charge is 2.55. The Bertz CT molecular complexity index is 522. The molecule has 1 heterocycles. The van der Waals surface area contributed by atoms with Gasteiger partial charge in [0, 0.05) is 12.1 Å². The van der Waals surface area contributed by atoms with E-state index in [4.69, 9.17) is 0 Å². The molecule has 0 N–H and O–H groups in total. The van der Waals surface area contributed by atoms with Crippen LogP contribution in [0.5, 0.6) is 0 Å². The Hall–Kier alpha value is -0.820. The van der Waals surface area contributed by atoms with Crippen LogP contribution in [0.4, 0.5) is 0 Å². The van der Waals surface area contributed by atoms with Crippen LogP contribution in [-0.2, 0) is 11.8 Å². The molecule has 1 aromatic carbocycles. The van der Waals surface area contributed by atoms with Gasteiger partial charge >= 0.3 is 0 Å². The molecule has 4 rings (SSSR count). The maximum absolute atomic E-state index is 2.72. The van der Waals surface area contributed by atoms with Crippen LogP contribution in [0.3, 0.4) is 0 Å². The van der Waals surface area contributed by atoms with Crippen LogP contribution in [-0.4, -0.2) is 24.0 Å². The number of likely N-dealkylation sites (N-methyl/N-ethyl adjacent to an activating group) is 1. The predicted molar refractivity (Wildman–Crippen MR) is 84.0 cm³/mol. The van der Waals surface area contributed by atoms with E-state index >= 15 is 0 Å². The van der Waals surface area contributed by atoms with Crippen molar-refractivity contribution in [3.05, 3.63) is 35.4 Å². The van der Waals surface area contributed by atoms with Gasteiger partial charge in [0.15, 0.2) is 0 Å². The van der Waals surface area contributed by atoms with E-state index in [0.29, 0.717) is 5.41 Å². The summed E-state index contributed by atoms with van der Waals surface area (Å²) in [6, 6.07) is 10.9. The Morgan fingerprint density at radius 3 is 2.90 bits per heavy atom. The van der Waals surface area contributed by atoms with Crippen LogP contribution >= 0.6 is 0 Å². The van der Waals surface area contributed by atoms with Crippen molar-refractivity contribution in [2.24, 2.45) is 11.8 Å². The van der Waals surface area contributed by atoms with Gasteiger partial charge in [-0.1, -0.05) is 31.2 Å². The van der Waals surface area contributed by atoms with Crippen LogP contribution in [0.1, 0.15) is 50.7 Å². The molecular weight excluding hydrogens is 242 g/mol. The van der Waals surface area contributed by atoms with Gasteiger partial charge in [0.05, 0.1) is 0 Å². The Balaban J connectivity index is 1.88. The number of hydrogen-bond acceptors (Lipinski definition) is 1. The molecule has 1 aliphatic heterocycles. The van der Waals surface area contributed by atoms with Gasteiger partial charge in [-0.3, -0.25) is 4.90 Å². The van der Waals surface area contributed by atoms with Crippen LogP contribution in [0.2, 0.25) is 0 Å². The van der Waals surface area contributed by atoms with Gasteiger partial charge in [0.2, 0.25) is 0 Å². The zero-order chi connectivity index (χ0) is 13.9. The molecule has 20 heavy (non-hydrogen) atoms. The molecule has 0 radical (unpaired) electrons. The second-order valence-corrected chi connectivity index (χ2v) is 7.49. The normalized spacial score (nSPS) is 43.1. The van der Waals surface area contributed by atoms with E-state index in [9.17, 15) is 0 Å². The van der Waals surface area contributed by atoms with Crippen LogP contribution < -0.4 is 0 Å². The minimum atomic E-state index is 0.477. The highest BCUT2D eigenvalue weighted by atomic mass is 15.2. The Morgan fingerprint density at radius 2 is 2.10 bits per heavy atom. The summed E-state index contributed by atoms with van der Waals surface area (Å²) in [7, 11) is 2.38. The fourth-order valence-corrected chi connectivity index (χ4v) is 5.84. The van der Waals surface area contributed by atoms with E-state index in [1.807, 2.05) is 0 Å². The molecule has 5 atom stereocenters. The Kier molecular flexibility index (Phi) is 2.79. The van der Waals surface area contributed by atoms with Crippen molar-refractivity contribution in [3.63, 3.8) is 0 Å². The van der Waals surface area contributed by atoms with Crippen LogP contribution in [0, 0.1) is 11.8 Å². The number of piperidine rings is 1. The molecule has 1 nitrogen and oxygen atoms in total. The second kappa shape index (κ2) is 4.34. The van der Waals surface area contributed by atoms with E-state index in [1.165, 1.54) is 32.1 Å². The molecule has 0 spiro atoms. The smallest absolute Gasteiger partial charge is 0.0172 e. The Morgan fingerprint density at radius 1 is 1.30 bits per heavy atom. The zero-order valence-electron chi connectivity index (χ0n) is 13.1. The maximum Gasteiger partial charge on any atom is 0.0172 e. The van der Waals surface area contributed by atoms with Crippen molar-refractivity contribution < 1.29 is 0 Å². The van der Waals surface area contributed by atoms with Crippen molar-refractivity contribution in [2.75, 3.05) is 7.05 Å². The molecule has 1 saturated heterocycles. The predicted octanol–water partition coefficient (Wildman–Crippen LogP) is 4.01. The lowest BCUT2D eigenvalue weighted by Crippen LogP contribution is -2.63. The lowest BCUT2D eigenvalue weighted by atomic mass is 9.50. The quantitative estimate of drug-likeness (QED) is 0.744. The molecule has 108 valence electrons. The molecule has 4 unspecified atom stereocenters. The summed E-state index contributed by atoms with van der Waals surface area (Å²) < 4.78 is 0. The van der Waals surface area contributed by atoms with Gasteiger partial charge < -0.3 is 0 Å². The largest absolute Gasteiger partial charge is 0.300 e. The fraction of sp³-hybridized carbons (Fsp3) is 0.684. The molecule has 1 saturated carbocycles. The van der Waals surface area contributed by atoms with E-state index in [-0.39, 0.29) is 0 Å². The summed E-state index contributed by atoms with van der Waals surface area (Å²) in [6.45, 7) is 4.89. The first-order chi connectivity index (χ1) is 9.67. The maximum atomic E-state index is 2.72. The lowest BCUT2D eigenvalue weighted by Gasteiger charge is -2.61. The van der Waals surface area contributed by atoms with Crippen molar-refractivity contribution >= 4 is 0 Å². The van der Waals surface area contributed by atoms with Crippen LogP contribution in [0.15, 0.2) is 24.3 Å². The fourth-order valence-electron chi connectivity index (χ4n) is 5.84. The first-order valence-corrected chi connectivity index (χ1v) is 8.47. The van der Waals surface area contributed by atoms with Crippen LogP contribution in [0.25, 0.3) is 0 Å². The summed E-state index contributed by atoms with van der Waals surface area (Å²) >= 11 is 0. The van der Waals surface area contributed by atoms with Gasteiger partial charge in [-0.2, -0.15) is 0 Å². The third-order valence-electron chi connectivity index (χ3n) is 7.15. The van der Waals surface area contributed by atoms with Gasteiger partial charge in [0.1, 0.15) is 0 Å². The van der Waals surface area contributed by atoms with Gasteiger partial charge in [-0.15, -0.1) is 0 Å². The monoisotopic (exact) mass is 269 g/mol. The zero-order valence-corrected chi connectivity index (χ0v) is 13.1.